The smallest absolute Gasteiger partial charge is 0.317 e. The monoisotopic (exact) mass is 295 g/mol. The highest BCUT2D eigenvalue weighted by molar-refractivity contribution is 5.76. The van der Waals surface area contributed by atoms with Crippen molar-refractivity contribution in [2.24, 2.45) is 11.8 Å². The van der Waals surface area contributed by atoms with Crippen LogP contribution >= 0.6 is 0 Å². The van der Waals surface area contributed by atoms with Gasteiger partial charge in [-0.15, -0.1) is 0 Å². The first-order valence-corrected chi connectivity index (χ1v) is 8.11. The van der Waals surface area contributed by atoms with Gasteiger partial charge in [0.1, 0.15) is 0 Å². The first-order chi connectivity index (χ1) is 10.1. The molecule has 118 valence electrons. The van der Waals surface area contributed by atoms with Crippen LogP contribution in [0.4, 0.5) is 4.79 Å². The van der Waals surface area contributed by atoms with Crippen LogP contribution < -0.4 is 5.32 Å². The number of aliphatic carboxylic acids is 1. The van der Waals surface area contributed by atoms with Crippen molar-refractivity contribution in [2.75, 3.05) is 32.7 Å². The molecule has 1 heterocycles. The van der Waals surface area contributed by atoms with Crippen LogP contribution in [0.15, 0.2) is 0 Å². The van der Waals surface area contributed by atoms with Gasteiger partial charge in [0, 0.05) is 38.8 Å². The number of amides is 2. The highest BCUT2D eigenvalue weighted by Gasteiger charge is 2.35. The average Bonchev–Trinajstić information content (AvgIpc) is 3.32. The van der Waals surface area contributed by atoms with Crippen molar-refractivity contribution in [3.05, 3.63) is 0 Å². The van der Waals surface area contributed by atoms with Gasteiger partial charge >= 0.3 is 12.0 Å². The Hall–Kier alpha value is -1.30. The van der Waals surface area contributed by atoms with Crippen LogP contribution in [0.1, 0.15) is 32.1 Å². The highest BCUT2D eigenvalue weighted by Crippen LogP contribution is 2.34. The van der Waals surface area contributed by atoms with Gasteiger partial charge < -0.3 is 15.3 Å². The average molecular weight is 295 g/mol. The second-order valence-corrected chi connectivity index (χ2v) is 6.72. The van der Waals surface area contributed by atoms with Crippen LogP contribution in [0.25, 0.3) is 0 Å². The lowest BCUT2D eigenvalue weighted by Gasteiger charge is -2.35. The maximum Gasteiger partial charge on any atom is 0.317 e. The van der Waals surface area contributed by atoms with E-state index in [1.54, 1.807) is 0 Å². The number of nitrogens with one attached hydrogen (secondary N) is 1. The molecule has 2 aliphatic carbocycles. The Morgan fingerprint density at radius 1 is 1.10 bits per heavy atom. The molecule has 3 rings (SSSR count). The van der Waals surface area contributed by atoms with Crippen LogP contribution in [0, 0.1) is 11.8 Å². The van der Waals surface area contributed by atoms with Gasteiger partial charge in [-0.25, -0.2) is 4.79 Å². The molecule has 0 radical (unpaired) electrons. The van der Waals surface area contributed by atoms with E-state index in [1.165, 1.54) is 19.4 Å². The molecule has 0 aromatic heterocycles. The minimum Gasteiger partial charge on any atom is -0.481 e. The predicted molar refractivity (Wildman–Crippen MR) is 78.0 cm³/mol. The minimum atomic E-state index is -0.832. The molecule has 0 spiro atoms. The quantitative estimate of drug-likeness (QED) is 0.766. The van der Waals surface area contributed by atoms with Crippen LogP contribution in [-0.2, 0) is 4.79 Å². The molecule has 6 heteroatoms. The lowest BCUT2D eigenvalue weighted by molar-refractivity contribution is -0.137. The molecular formula is C15H25N3O3. The standard InChI is InChI=1S/C15H25N3O3/c19-14(20)9-13(12-3-4-12)16-15(21)18-7-5-17(6-8-18)10-11-1-2-11/h11-13H,1-10H2,(H,16,21)(H,19,20). The van der Waals surface area contributed by atoms with Crippen LogP contribution in [0.5, 0.6) is 0 Å². The number of carbonyl (C=O) groups is 2. The van der Waals surface area contributed by atoms with Crippen molar-refractivity contribution < 1.29 is 14.7 Å². The lowest BCUT2D eigenvalue weighted by Crippen LogP contribution is -2.54. The van der Waals surface area contributed by atoms with Crippen molar-refractivity contribution in [3.63, 3.8) is 0 Å². The summed E-state index contributed by atoms with van der Waals surface area (Å²) in [7, 11) is 0. The SMILES string of the molecule is O=C(O)CC(NC(=O)N1CCN(CC2CC2)CC1)C1CC1. The zero-order valence-electron chi connectivity index (χ0n) is 12.5. The number of urea groups is 1. The van der Waals surface area contributed by atoms with Gasteiger partial charge in [-0.3, -0.25) is 9.69 Å². The molecule has 1 aliphatic heterocycles. The molecule has 0 bridgehead atoms. The Balaban J connectivity index is 1.43. The summed E-state index contributed by atoms with van der Waals surface area (Å²) in [4.78, 5) is 27.4. The van der Waals surface area contributed by atoms with Gasteiger partial charge in [-0.05, 0) is 37.5 Å². The van der Waals surface area contributed by atoms with E-state index in [-0.39, 0.29) is 18.5 Å². The summed E-state index contributed by atoms with van der Waals surface area (Å²) in [5, 5.41) is 11.9. The summed E-state index contributed by atoms with van der Waals surface area (Å²) in [6.45, 7) is 4.57. The maximum atomic E-state index is 12.3. The summed E-state index contributed by atoms with van der Waals surface area (Å²) in [5.74, 6) is 0.419. The maximum absolute atomic E-state index is 12.3. The molecular weight excluding hydrogens is 270 g/mol. The third-order valence-corrected chi connectivity index (χ3v) is 4.77. The van der Waals surface area contributed by atoms with Gasteiger partial charge in [0.15, 0.2) is 0 Å². The molecule has 1 unspecified atom stereocenters. The molecule has 1 saturated heterocycles. The third kappa shape index (κ3) is 4.33. The number of carbonyl (C=O) groups excluding carboxylic acids is 1. The molecule has 2 saturated carbocycles. The fourth-order valence-corrected chi connectivity index (χ4v) is 3.07. The van der Waals surface area contributed by atoms with E-state index in [0.717, 1.165) is 44.9 Å². The molecule has 1 atom stereocenters. The lowest BCUT2D eigenvalue weighted by atomic mass is 10.1. The Kier molecular flexibility index (Phi) is 4.33. The number of nitrogens with zero attached hydrogens (tertiary/aromatic N) is 2. The Morgan fingerprint density at radius 3 is 2.29 bits per heavy atom. The molecule has 3 aliphatic rings. The summed E-state index contributed by atoms with van der Waals surface area (Å²) in [5.41, 5.74) is 0. The minimum absolute atomic E-state index is 0.0397. The van der Waals surface area contributed by atoms with Gasteiger partial charge in [0.05, 0.1) is 6.42 Å². The van der Waals surface area contributed by atoms with Gasteiger partial charge in [0.25, 0.3) is 0 Å². The van der Waals surface area contributed by atoms with Gasteiger partial charge in [-0.2, -0.15) is 0 Å². The second kappa shape index (κ2) is 6.22. The number of carboxylic acids is 1. The zero-order chi connectivity index (χ0) is 14.8. The Morgan fingerprint density at radius 2 is 1.76 bits per heavy atom. The van der Waals surface area contributed by atoms with Crippen LogP contribution in [-0.4, -0.2) is 65.7 Å². The highest BCUT2D eigenvalue weighted by atomic mass is 16.4. The molecule has 3 fully saturated rings. The van der Waals surface area contributed by atoms with Crippen molar-refractivity contribution >= 4 is 12.0 Å². The molecule has 0 aromatic rings. The first-order valence-electron chi connectivity index (χ1n) is 8.11. The summed E-state index contributed by atoms with van der Waals surface area (Å²) >= 11 is 0. The van der Waals surface area contributed by atoms with E-state index in [9.17, 15) is 9.59 Å². The Labute approximate surface area is 125 Å². The summed E-state index contributed by atoms with van der Waals surface area (Å²) in [6.07, 6.45) is 4.83. The summed E-state index contributed by atoms with van der Waals surface area (Å²) in [6, 6.07) is -0.279. The fraction of sp³-hybridized carbons (Fsp3) is 0.867. The number of rotatable bonds is 6. The first kappa shape index (κ1) is 14.6. The molecule has 0 aromatic carbocycles. The van der Waals surface area contributed by atoms with Crippen LogP contribution in [0.2, 0.25) is 0 Å². The van der Waals surface area contributed by atoms with Gasteiger partial charge in [0.2, 0.25) is 0 Å². The van der Waals surface area contributed by atoms with Crippen molar-refractivity contribution in [2.45, 2.75) is 38.1 Å². The molecule has 2 N–H and O–H groups in total. The third-order valence-electron chi connectivity index (χ3n) is 4.77. The second-order valence-electron chi connectivity index (χ2n) is 6.72. The molecule has 21 heavy (non-hydrogen) atoms. The normalized spacial score (nSPS) is 24.7. The van der Waals surface area contributed by atoms with E-state index >= 15 is 0 Å². The van der Waals surface area contributed by atoms with Crippen molar-refractivity contribution in [3.8, 4) is 0 Å². The van der Waals surface area contributed by atoms with E-state index in [1.807, 2.05) is 4.90 Å². The van der Waals surface area contributed by atoms with Gasteiger partial charge in [-0.1, -0.05) is 0 Å². The fourth-order valence-electron chi connectivity index (χ4n) is 3.07. The number of piperazine rings is 1. The number of hydrogen-bond donors (Lipinski definition) is 2. The van der Waals surface area contributed by atoms with Crippen molar-refractivity contribution in [1.82, 2.24) is 15.1 Å². The summed E-state index contributed by atoms with van der Waals surface area (Å²) < 4.78 is 0. The van der Waals surface area contributed by atoms with E-state index in [4.69, 9.17) is 5.11 Å². The van der Waals surface area contributed by atoms with Crippen LogP contribution in [0.3, 0.4) is 0 Å². The van der Waals surface area contributed by atoms with Crippen molar-refractivity contribution in [1.29, 1.82) is 0 Å². The van der Waals surface area contributed by atoms with E-state index in [2.05, 4.69) is 10.2 Å². The molecule has 2 amide bonds. The zero-order valence-corrected chi connectivity index (χ0v) is 12.5. The topological polar surface area (TPSA) is 72.9 Å². The Bertz CT molecular complexity index is 399. The number of hydrogen-bond acceptors (Lipinski definition) is 3. The predicted octanol–water partition coefficient (Wildman–Crippen LogP) is 0.977. The van der Waals surface area contributed by atoms with E-state index in [0.29, 0.717) is 5.92 Å². The van der Waals surface area contributed by atoms with E-state index < -0.39 is 5.97 Å². The number of carboxylic acid groups (broad SMARTS) is 1. The molecule has 6 nitrogen and oxygen atoms in total. The largest absolute Gasteiger partial charge is 0.481 e.